The smallest absolute Gasteiger partial charge is 0.314 e. The zero-order chi connectivity index (χ0) is 16.5. The third kappa shape index (κ3) is 6.20. The van der Waals surface area contributed by atoms with E-state index in [0.29, 0.717) is 26.1 Å². The van der Waals surface area contributed by atoms with Gasteiger partial charge in [0.15, 0.2) is 0 Å². The van der Waals surface area contributed by atoms with E-state index in [-0.39, 0.29) is 18.2 Å². The van der Waals surface area contributed by atoms with Crippen molar-refractivity contribution in [2.75, 3.05) is 19.7 Å². The molecule has 0 fully saturated rings. The number of urea groups is 1. The SMILES string of the molecule is CC(O)CCNC(=O)NCCCOC1CCCc2ccccc21. The van der Waals surface area contributed by atoms with Gasteiger partial charge in [0, 0.05) is 19.7 Å². The number of aryl methyl sites for hydroxylation is 1. The number of hydrogen-bond donors (Lipinski definition) is 3. The van der Waals surface area contributed by atoms with Crippen molar-refractivity contribution in [1.82, 2.24) is 10.6 Å². The molecule has 0 heterocycles. The fourth-order valence-corrected chi connectivity index (χ4v) is 2.84. The molecule has 1 aromatic rings. The largest absolute Gasteiger partial charge is 0.393 e. The van der Waals surface area contributed by atoms with E-state index in [1.807, 2.05) is 0 Å². The van der Waals surface area contributed by atoms with Gasteiger partial charge >= 0.3 is 6.03 Å². The van der Waals surface area contributed by atoms with E-state index >= 15 is 0 Å². The number of carbonyl (C=O) groups excluding carboxylic acids is 1. The first-order chi connectivity index (χ1) is 11.2. The molecular weight excluding hydrogens is 292 g/mol. The van der Waals surface area contributed by atoms with Gasteiger partial charge in [-0.2, -0.15) is 0 Å². The van der Waals surface area contributed by atoms with Gasteiger partial charge < -0.3 is 20.5 Å². The first kappa shape index (κ1) is 17.8. The summed E-state index contributed by atoms with van der Waals surface area (Å²) in [5.41, 5.74) is 2.72. The Morgan fingerprint density at radius 2 is 2.13 bits per heavy atom. The van der Waals surface area contributed by atoms with Crippen LogP contribution in [0.1, 0.15) is 49.8 Å². The lowest BCUT2D eigenvalue weighted by Gasteiger charge is -2.25. The van der Waals surface area contributed by atoms with Gasteiger partial charge in [-0.25, -0.2) is 4.79 Å². The van der Waals surface area contributed by atoms with Gasteiger partial charge in [0.2, 0.25) is 0 Å². The zero-order valence-electron chi connectivity index (χ0n) is 13.9. The summed E-state index contributed by atoms with van der Waals surface area (Å²) >= 11 is 0. The quantitative estimate of drug-likeness (QED) is 0.645. The summed E-state index contributed by atoms with van der Waals surface area (Å²) in [6.07, 6.45) is 4.56. The number of carbonyl (C=O) groups is 1. The first-order valence-electron chi connectivity index (χ1n) is 8.56. The van der Waals surface area contributed by atoms with Crippen molar-refractivity contribution in [2.24, 2.45) is 0 Å². The summed E-state index contributed by atoms with van der Waals surface area (Å²) in [5, 5.41) is 14.6. The van der Waals surface area contributed by atoms with Crippen LogP contribution in [-0.2, 0) is 11.2 Å². The summed E-state index contributed by atoms with van der Waals surface area (Å²) in [4.78, 5) is 11.5. The minimum absolute atomic E-state index is 0.186. The zero-order valence-corrected chi connectivity index (χ0v) is 13.9. The molecular formula is C18H28N2O3. The van der Waals surface area contributed by atoms with E-state index in [0.717, 1.165) is 19.3 Å². The highest BCUT2D eigenvalue weighted by molar-refractivity contribution is 5.73. The van der Waals surface area contributed by atoms with Gasteiger partial charge in [0.25, 0.3) is 0 Å². The molecule has 1 aliphatic carbocycles. The third-order valence-electron chi connectivity index (χ3n) is 4.09. The van der Waals surface area contributed by atoms with Gasteiger partial charge in [-0.1, -0.05) is 24.3 Å². The van der Waals surface area contributed by atoms with Crippen LogP contribution < -0.4 is 10.6 Å². The molecule has 0 saturated carbocycles. The Morgan fingerprint density at radius 3 is 2.96 bits per heavy atom. The van der Waals surface area contributed by atoms with E-state index in [9.17, 15) is 4.79 Å². The fraction of sp³-hybridized carbons (Fsp3) is 0.611. The summed E-state index contributed by atoms with van der Waals surface area (Å²) in [6.45, 7) is 3.43. The lowest BCUT2D eigenvalue weighted by molar-refractivity contribution is 0.0396. The number of hydrogen-bond acceptors (Lipinski definition) is 3. The van der Waals surface area contributed by atoms with E-state index in [4.69, 9.17) is 9.84 Å². The minimum Gasteiger partial charge on any atom is -0.393 e. The second-order valence-electron chi connectivity index (χ2n) is 6.12. The maximum absolute atomic E-state index is 11.5. The Balaban J connectivity index is 1.59. The van der Waals surface area contributed by atoms with E-state index in [1.165, 1.54) is 17.5 Å². The first-order valence-corrected chi connectivity index (χ1v) is 8.56. The van der Waals surface area contributed by atoms with Crippen LogP contribution >= 0.6 is 0 Å². The maximum atomic E-state index is 11.5. The van der Waals surface area contributed by atoms with Gasteiger partial charge in [-0.3, -0.25) is 0 Å². The maximum Gasteiger partial charge on any atom is 0.314 e. The molecule has 2 unspecified atom stereocenters. The van der Waals surface area contributed by atoms with Crippen LogP contribution in [0.4, 0.5) is 4.79 Å². The third-order valence-corrected chi connectivity index (χ3v) is 4.09. The summed E-state index contributed by atoms with van der Waals surface area (Å²) < 4.78 is 6.00. The van der Waals surface area contributed by atoms with Crippen molar-refractivity contribution in [3.8, 4) is 0 Å². The average Bonchev–Trinajstić information content (AvgIpc) is 2.54. The van der Waals surface area contributed by atoms with Crippen molar-refractivity contribution < 1.29 is 14.6 Å². The number of fused-ring (bicyclic) bond motifs is 1. The molecule has 0 saturated heterocycles. The Morgan fingerprint density at radius 1 is 1.35 bits per heavy atom. The van der Waals surface area contributed by atoms with E-state index in [2.05, 4.69) is 34.9 Å². The average molecular weight is 320 g/mol. The summed E-state index contributed by atoms with van der Waals surface area (Å²) in [5.74, 6) is 0. The number of rotatable bonds is 8. The van der Waals surface area contributed by atoms with Crippen LogP contribution in [0.25, 0.3) is 0 Å². The molecule has 1 aromatic carbocycles. The topological polar surface area (TPSA) is 70.6 Å². The van der Waals surface area contributed by atoms with Crippen LogP contribution in [0.15, 0.2) is 24.3 Å². The number of aliphatic hydroxyl groups excluding tert-OH is 1. The Kier molecular flexibility index (Phi) is 7.36. The Labute approximate surface area is 138 Å². The van der Waals surface area contributed by atoms with Crippen molar-refractivity contribution in [3.05, 3.63) is 35.4 Å². The van der Waals surface area contributed by atoms with Crippen LogP contribution in [0.5, 0.6) is 0 Å². The molecule has 23 heavy (non-hydrogen) atoms. The number of benzene rings is 1. The molecule has 0 bridgehead atoms. The van der Waals surface area contributed by atoms with Crippen LogP contribution in [-0.4, -0.2) is 36.9 Å². The molecule has 3 N–H and O–H groups in total. The predicted octanol–water partition coefficient (Wildman–Crippen LogP) is 2.54. The second-order valence-corrected chi connectivity index (χ2v) is 6.12. The molecule has 0 aromatic heterocycles. The molecule has 2 atom stereocenters. The van der Waals surface area contributed by atoms with Gasteiger partial charge in [-0.15, -0.1) is 0 Å². The molecule has 2 amide bonds. The molecule has 0 aliphatic heterocycles. The molecule has 5 nitrogen and oxygen atoms in total. The number of amides is 2. The second kappa shape index (κ2) is 9.53. The van der Waals surface area contributed by atoms with Crippen molar-refractivity contribution in [2.45, 2.75) is 51.2 Å². The molecule has 0 spiro atoms. The number of nitrogens with one attached hydrogen (secondary N) is 2. The molecule has 1 aliphatic rings. The number of aliphatic hydroxyl groups is 1. The van der Waals surface area contributed by atoms with Gasteiger partial charge in [0.1, 0.15) is 0 Å². The lowest BCUT2D eigenvalue weighted by atomic mass is 9.89. The highest BCUT2D eigenvalue weighted by Gasteiger charge is 2.19. The highest BCUT2D eigenvalue weighted by Crippen LogP contribution is 2.32. The molecule has 2 rings (SSSR count). The van der Waals surface area contributed by atoms with Crippen LogP contribution in [0, 0.1) is 0 Å². The monoisotopic (exact) mass is 320 g/mol. The number of ether oxygens (including phenoxy) is 1. The fourth-order valence-electron chi connectivity index (χ4n) is 2.84. The van der Waals surface area contributed by atoms with Crippen molar-refractivity contribution in [3.63, 3.8) is 0 Å². The molecule has 0 radical (unpaired) electrons. The lowest BCUT2D eigenvalue weighted by Crippen LogP contribution is -2.37. The van der Waals surface area contributed by atoms with E-state index < -0.39 is 0 Å². The highest BCUT2D eigenvalue weighted by atomic mass is 16.5. The minimum atomic E-state index is -0.387. The van der Waals surface area contributed by atoms with Crippen LogP contribution in [0.3, 0.4) is 0 Å². The van der Waals surface area contributed by atoms with Crippen molar-refractivity contribution >= 4 is 6.03 Å². The van der Waals surface area contributed by atoms with Crippen molar-refractivity contribution in [1.29, 1.82) is 0 Å². The Bertz CT molecular complexity index is 491. The summed E-state index contributed by atoms with van der Waals surface area (Å²) in [6, 6.07) is 8.31. The van der Waals surface area contributed by atoms with Gasteiger partial charge in [0.05, 0.1) is 12.2 Å². The van der Waals surface area contributed by atoms with Gasteiger partial charge in [-0.05, 0) is 50.2 Å². The standard InChI is InChI=1S/C18H28N2O3/c1-14(21)10-12-20-18(22)19-11-5-13-23-17-9-4-7-15-6-2-3-8-16(15)17/h2-3,6,8,14,17,21H,4-5,7,9-13H2,1H3,(H2,19,20,22). The van der Waals surface area contributed by atoms with Crippen LogP contribution in [0.2, 0.25) is 0 Å². The van der Waals surface area contributed by atoms with E-state index in [1.54, 1.807) is 6.92 Å². The Hall–Kier alpha value is -1.59. The summed E-state index contributed by atoms with van der Waals surface area (Å²) in [7, 11) is 0. The normalized spacial score (nSPS) is 18.1. The predicted molar refractivity (Wildman–Crippen MR) is 90.4 cm³/mol. The molecule has 128 valence electrons. The molecule has 5 heteroatoms.